The topological polar surface area (TPSA) is 21.3 Å². The van der Waals surface area contributed by atoms with E-state index in [1.54, 1.807) is 7.11 Å². The van der Waals surface area contributed by atoms with Crippen LogP contribution in [-0.2, 0) is 11.3 Å². The predicted molar refractivity (Wildman–Crippen MR) is 85.2 cm³/mol. The zero-order valence-electron chi connectivity index (χ0n) is 12.0. The van der Waals surface area contributed by atoms with Gasteiger partial charge in [-0.25, -0.2) is 0 Å². The molecule has 0 amide bonds. The molecule has 19 heavy (non-hydrogen) atoms. The number of thioether (sulfide) groups is 1. The summed E-state index contributed by atoms with van der Waals surface area (Å²) in [4.78, 5) is 1.23. The molecule has 0 heterocycles. The highest BCUT2D eigenvalue weighted by molar-refractivity contribution is 7.99. The van der Waals surface area contributed by atoms with Crippen molar-refractivity contribution in [3.05, 3.63) is 28.8 Å². The molecule has 1 aromatic rings. The first-order valence-electron chi connectivity index (χ1n) is 6.74. The molecule has 0 fully saturated rings. The third kappa shape index (κ3) is 7.21. The minimum Gasteiger partial charge on any atom is -0.385 e. The van der Waals surface area contributed by atoms with Crippen LogP contribution in [0.2, 0.25) is 5.02 Å². The number of nitrogens with one attached hydrogen (secondary N) is 1. The van der Waals surface area contributed by atoms with E-state index in [0.717, 1.165) is 36.9 Å². The third-order valence-electron chi connectivity index (χ3n) is 2.65. The molecule has 1 aromatic carbocycles. The first-order valence-corrected chi connectivity index (χ1v) is 8.10. The minimum atomic E-state index is 0.661. The lowest BCUT2D eigenvalue weighted by Crippen LogP contribution is -2.19. The average Bonchev–Trinajstić information content (AvgIpc) is 2.37. The van der Waals surface area contributed by atoms with Crippen molar-refractivity contribution in [1.82, 2.24) is 5.32 Å². The Bertz CT molecular complexity index is 371. The molecule has 0 aliphatic rings. The van der Waals surface area contributed by atoms with Crippen LogP contribution in [0, 0.1) is 5.92 Å². The molecule has 108 valence electrons. The first-order chi connectivity index (χ1) is 9.13. The molecule has 0 aromatic heterocycles. The second-order valence-electron chi connectivity index (χ2n) is 4.97. The number of methoxy groups -OCH3 is 1. The summed E-state index contributed by atoms with van der Waals surface area (Å²) in [6, 6.07) is 6.33. The van der Waals surface area contributed by atoms with Crippen molar-refractivity contribution in [2.75, 3.05) is 26.0 Å². The van der Waals surface area contributed by atoms with Crippen molar-refractivity contribution in [3.8, 4) is 0 Å². The minimum absolute atomic E-state index is 0.661. The van der Waals surface area contributed by atoms with Gasteiger partial charge in [0, 0.05) is 35.9 Å². The fourth-order valence-corrected chi connectivity index (χ4v) is 2.83. The number of rotatable bonds is 9. The van der Waals surface area contributed by atoms with Crippen molar-refractivity contribution in [3.63, 3.8) is 0 Å². The van der Waals surface area contributed by atoms with Crippen LogP contribution in [0.25, 0.3) is 0 Å². The van der Waals surface area contributed by atoms with Gasteiger partial charge in [0.15, 0.2) is 0 Å². The maximum atomic E-state index is 6.31. The van der Waals surface area contributed by atoms with Gasteiger partial charge in [0.2, 0.25) is 0 Å². The van der Waals surface area contributed by atoms with Crippen LogP contribution in [0.4, 0.5) is 0 Å². The van der Waals surface area contributed by atoms with Gasteiger partial charge >= 0.3 is 0 Å². The summed E-state index contributed by atoms with van der Waals surface area (Å²) in [6.07, 6.45) is 1.07. The monoisotopic (exact) mass is 301 g/mol. The molecule has 0 bridgehead atoms. The fourth-order valence-electron chi connectivity index (χ4n) is 1.65. The summed E-state index contributed by atoms with van der Waals surface area (Å²) >= 11 is 8.13. The highest BCUT2D eigenvalue weighted by atomic mass is 35.5. The van der Waals surface area contributed by atoms with Gasteiger partial charge in [-0.15, -0.1) is 11.8 Å². The number of ether oxygens (including phenoxy) is 1. The van der Waals surface area contributed by atoms with E-state index in [2.05, 4.69) is 37.4 Å². The highest BCUT2D eigenvalue weighted by Gasteiger charge is 2.03. The highest BCUT2D eigenvalue weighted by Crippen LogP contribution is 2.25. The first kappa shape index (κ1) is 16.8. The van der Waals surface area contributed by atoms with Gasteiger partial charge in [-0.2, -0.15) is 0 Å². The molecule has 1 N–H and O–H groups in total. The Morgan fingerprint density at radius 2 is 2.16 bits per heavy atom. The van der Waals surface area contributed by atoms with E-state index in [9.17, 15) is 0 Å². The van der Waals surface area contributed by atoms with Gasteiger partial charge in [-0.1, -0.05) is 31.5 Å². The van der Waals surface area contributed by atoms with Crippen molar-refractivity contribution < 1.29 is 4.74 Å². The largest absolute Gasteiger partial charge is 0.385 e. The van der Waals surface area contributed by atoms with Crippen molar-refractivity contribution in [1.29, 1.82) is 0 Å². The van der Waals surface area contributed by atoms with E-state index in [0.29, 0.717) is 5.92 Å². The fraction of sp³-hybridized carbons (Fsp3) is 0.600. The van der Waals surface area contributed by atoms with Gasteiger partial charge in [-0.05, 0) is 36.6 Å². The second-order valence-corrected chi connectivity index (χ2v) is 6.55. The lowest BCUT2D eigenvalue weighted by atomic mass is 10.2. The molecule has 0 saturated carbocycles. The van der Waals surface area contributed by atoms with E-state index in [4.69, 9.17) is 16.3 Å². The standard InChI is InChI=1S/C15H24ClNOS/c1-12(2)10-17-11-13-5-6-14(9-15(13)16)19-8-4-7-18-3/h5-6,9,12,17H,4,7-8,10-11H2,1-3H3. The van der Waals surface area contributed by atoms with Crippen LogP contribution in [0.3, 0.4) is 0 Å². The Morgan fingerprint density at radius 3 is 2.79 bits per heavy atom. The van der Waals surface area contributed by atoms with E-state index >= 15 is 0 Å². The Balaban J connectivity index is 2.40. The summed E-state index contributed by atoms with van der Waals surface area (Å²) in [5, 5.41) is 4.27. The maximum absolute atomic E-state index is 6.31. The Morgan fingerprint density at radius 1 is 1.37 bits per heavy atom. The van der Waals surface area contributed by atoms with Crippen molar-refractivity contribution >= 4 is 23.4 Å². The van der Waals surface area contributed by atoms with E-state index < -0.39 is 0 Å². The lowest BCUT2D eigenvalue weighted by molar-refractivity contribution is 0.200. The molecule has 0 radical (unpaired) electrons. The van der Waals surface area contributed by atoms with Gasteiger partial charge in [0.05, 0.1) is 0 Å². The predicted octanol–water partition coefficient (Wildman–Crippen LogP) is 4.21. The Hall–Kier alpha value is -0.220. The number of hydrogen-bond donors (Lipinski definition) is 1. The molecule has 1 rings (SSSR count). The third-order valence-corrected chi connectivity index (χ3v) is 4.09. The average molecular weight is 302 g/mol. The molecular weight excluding hydrogens is 278 g/mol. The Labute approximate surface area is 126 Å². The molecule has 0 aliphatic heterocycles. The van der Waals surface area contributed by atoms with Crippen LogP contribution in [0.5, 0.6) is 0 Å². The van der Waals surface area contributed by atoms with Gasteiger partial charge in [0.25, 0.3) is 0 Å². The maximum Gasteiger partial charge on any atom is 0.0470 e. The molecule has 0 spiro atoms. The smallest absolute Gasteiger partial charge is 0.0470 e. The molecule has 0 atom stereocenters. The van der Waals surface area contributed by atoms with Crippen LogP contribution >= 0.6 is 23.4 Å². The number of hydrogen-bond acceptors (Lipinski definition) is 3. The van der Waals surface area contributed by atoms with E-state index in [-0.39, 0.29) is 0 Å². The summed E-state index contributed by atoms with van der Waals surface area (Å²) in [5.41, 5.74) is 1.17. The molecular formula is C15H24ClNOS. The molecule has 2 nitrogen and oxygen atoms in total. The summed E-state index contributed by atoms with van der Waals surface area (Å²) in [5.74, 6) is 1.73. The molecule has 4 heteroatoms. The van der Waals surface area contributed by atoms with Crippen LogP contribution in [0.1, 0.15) is 25.8 Å². The quantitative estimate of drug-likeness (QED) is 0.545. The van der Waals surface area contributed by atoms with Crippen molar-refractivity contribution in [2.45, 2.75) is 31.7 Å². The lowest BCUT2D eigenvalue weighted by Gasteiger charge is -2.10. The molecule has 0 aliphatic carbocycles. The zero-order valence-corrected chi connectivity index (χ0v) is 13.6. The molecule has 0 unspecified atom stereocenters. The summed E-state index contributed by atoms with van der Waals surface area (Å²) in [6.45, 7) is 7.08. The van der Waals surface area contributed by atoms with Gasteiger partial charge in [0.1, 0.15) is 0 Å². The number of halogens is 1. The summed E-state index contributed by atoms with van der Waals surface area (Å²) in [7, 11) is 1.74. The Kier molecular flexibility index (Phi) is 8.55. The molecule has 0 saturated heterocycles. The van der Waals surface area contributed by atoms with E-state index in [1.165, 1.54) is 10.5 Å². The SMILES string of the molecule is COCCCSc1ccc(CNCC(C)C)c(Cl)c1. The second kappa shape index (κ2) is 9.65. The summed E-state index contributed by atoms with van der Waals surface area (Å²) < 4.78 is 5.04. The van der Waals surface area contributed by atoms with Crippen LogP contribution < -0.4 is 5.32 Å². The van der Waals surface area contributed by atoms with Crippen LogP contribution in [0.15, 0.2) is 23.1 Å². The van der Waals surface area contributed by atoms with Gasteiger partial charge < -0.3 is 10.1 Å². The van der Waals surface area contributed by atoms with Crippen molar-refractivity contribution in [2.24, 2.45) is 5.92 Å². The van der Waals surface area contributed by atoms with Crippen LogP contribution in [-0.4, -0.2) is 26.0 Å². The normalized spacial score (nSPS) is 11.2. The van der Waals surface area contributed by atoms with Gasteiger partial charge in [-0.3, -0.25) is 0 Å². The zero-order chi connectivity index (χ0) is 14.1. The number of benzene rings is 1. The van der Waals surface area contributed by atoms with E-state index in [1.807, 2.05) is 11.8 Å².